The summed E-state index contributed by atoms with van der Waals surface area (Å²) in [6, 6.07) is 10.7. The van der Waals surface area contributed by atoms with Gasteiger partial charge in [-0.1, -0.05) is 29.8 Å². The van der Waals surface area contributed by atoms with Crippen molar-refractivity contribution >= 4 is 17.5 Å². The molecular weight excluding hydrogens is 456 g/mol. The van der Waals surface area contributed by atoms with Gasteiger partial charge in [-0.25, -0.2) is 9.78 Å². The van der Waals surface area contributed by atoms with E-state index in [2.05, 4.69) is 20.3 Å². The average Bonchev–Trinajstić information content (AvgIpc) is 3.14. The Morgan fingerprint density at radius 3 is 2.68 bits per heavy atom. The molecule has 0 spiro atoms. The van der Waals surface area contributed by atoms with Gasteiger partial charge in [-0.2, -0.15) is 4.68 Å². The number of nitrogens with zero attached hydrogens (tertiary/aromatic N) is 5. The van der Waals surface area contributed by atoms with Gasteiger partial charge in [-0.3, -0.25) is 14.3 Å². The number of nitrogens with one attached hydrogen (secondary N) is 1. The van der Waals surface area contributed by atoms with Crippen LogP contribution < -0.4 is 11.0 Å². The molecule has 2 aromatic heterocycles. The number of rotatable bonds is 8. The lowest BCUT2D eigenvalue weighted by Gasteiger charge is -2.26. The van der Waals surface area contributed by atoms with E-state index in [1.54, 1.807) is 36.5 Å². The van der Waals surface area contributed by atoms with Crippen LogP contribution in [-0.4, -0.2) is 69.0 Å². The SMILES string of the molecule is CC(C)NC(=O)Cn1c(-c2cccc(Cl)c2)nn(-c2ccc(CCN3CCOCC3)cn2)c1=O. The van der Waals surface area contributed by atoms with Crippen molar-refractivity contribution in [3.05, 3.63) is 63.7 Å². The van der Waals surface area contributed by atoms with Crippen LogP contribution in [0.3, 0.4) is 0 Å². The fraction of sp³-hybridized carbons (Fsp3) is 0.417. The van der Waals surface area contributed by atoms with Crippen molar-refractivity contribution in [3.63, 3.8) is 0 Å². The minimum atomic E-state index is -0.442. The van der Waals surface area contributed by atoms with Crippen LogP contribution >= 0.6 is 11.6 Å². The minimum absolute atomic E-state index is 0.0421. The van der Waals surface area contributed by atoms with Crippen LogP contribution in [0.4, 0.5) is 0 Å². The normalized spacial score (nSPS) is 14.5. The van der Waals surface area contributed by atoms with Crippen molar-refractivity contribution in [2.45, 2.75) is 32.9 Å². The van der Waals surface area contributed by atoms with Gasteiger partial charge in [-0.05, 0) is 44.0 Å². The Kier molecular flexibility index (Phi) is 7.77. The van der Waals surface area contributed by atoms with E-state index in [9.17, 15) is 9.59 Å². The van der Waals surface area contributed by atoms with Crippen molar-refractivity contribution in [2.24, 2.45) is 0 Å². The van der Waals surface area contributed by atoms with Gasteiger partial charge in [0, 0.05) is 42.5 Å². The molecule has 0 aliphatic carbocycles. The Morgan fingerprint density at radius 1 is 1.21 bits per heavy atom. The molecule has 9 nitrogen and oxygen atoms in total. The van der Waals surface area contributed by atoms with Crippen LogP contribution in [0.5, 0.6) is 0 Å². The summed E-state index contributed by atoms with van der Waals surface area (Å²) >= 11 is 6.16. The molecular formula is C24H29ClN6O3. The number of hydrogen-bond acceptors (Lipinski definition) is 6. The number of halogens is 1. The number of pyridine rings is 1. The molecule has 0 atom stereocenters. The second-order valence-electron chi connectivity index (χ2n) is 8.57. The van der Waals surface area contributed by atoms with E-state index in [0.717, 1.165) is 44.8 Å². The fourth-order valence-corrected chi connectivity index (χ4v) is 4.03. The van der Waals surface area contributed by atoms with E-state index in [-0.39, 0.29) is 18.5 Å². The monoisotopic (exact) mass is 484 g/mol. The standard InChI is InChI=1S/C24H29ClN6O3/c1-17(2)27-22(32)16-30-23(19-4-3-5-20(25)14-19)28-31(24(30)33)21-7-6-18(15-26-21)8-9-29-10-12-34-13-11-29/h3-7,14-15,17H,8-13,16H2,1-2H3,(H,27,32). The van der Waals surface area contributed by atoms with Gasteiger partial charge < -0.3 is 10.1 Å². The third-order valence-corrected chi connectivity index (χ3v) is 5.78. The molecule has 3 heterocycles. The molecule has 180 valence electrons. The number of carbonyl (C=O) groups excluding carboxylic acids is 1. The summed E-state index contributed by atoms with van der Waals surface area (Å²) in [6.45, 7) is 7.93. The maximum Gasteiger partial charge on any atom is 0.352 e. The second kappa shape index (κ2) is 10.9. The average molecular weight is 485 g/mol. The number of benzene rings is 1. The van der Waals surface area contributed by atoms with E-state index in [1.165, 1.54) is 9.25 Å². The summed E-state index contributed by atoms with van der Waals surface area (Å²) in [4.78, 5) is 32.6. The van der Waals surface area contributed by atoms with E-state index in [0.29, 0.717) is 22.2 Å². The highest BCUT2D eigenvalue weighted by molar-refractivity contribution is 6.30. The first-order valence-electron chi connectivity index (χ1n) is 11.4. The van der Waals surface area contributed by atoms with Crippen LogP contribution in [0, 0.1) is 0 Å². The number of carbonyl (C=O) groups is 1. The fourth-order valence-electron chi connectivity index (χ4n) is 3.84. The van der Waals surface area contributed by atoms with Crippen LogP contribution in [0.15, 0.2) is 47.4 Å². The predicted molar refractivity (Wildman–Crippen MR) is 130 cm³/mol. The zero-order chi connectivity index (χ0) is 24.1. The Hall–Kier alpha value is -3.01. The lowest BCUT2D eigenvalue weighted by Crippen LogP contribution is -2.37. The molecule has 1 saturated heterocycles. The van der Waals surface area contributed by atoms with Crippen LogP contribution in [0.2, 0.25) is 5.02 Å². The van der Waals surface area contributed by atoms with Crippen LogP contribution in [-0.2, 0) is 22.5 Å². The Morgan fingerprint density at radius 2 is 2.00 bits per heavy atom. The van der Waals surface area contributed by atoms with Gasteiger partial charge in [0.05, 0.1) is 13.2 Å². The molecule has 1 aromatic carbocycles. The molecule has 3 aromatic rings. The van der Waals surface area contributed by atoms with Crippen molar-refractivity contribution in [3.8, 4) is 17.2 Å². The van der Waals surface area contributed by atoms with E-state index in [1.807, 2.05) is 19.9 Å². The lowest BCUT2D eigenvalue weighted by molar-refractivity contribution is -0.122. The summed E-state index contributed by atoms with van der Waals surface area (Å²) in [7, 11) is 0. The molecule has 0 bridgehead atoms. The Balaban J connectivity index is 1.60. The molecule has 0 saturated carbocycles. The number of aromatic nitrogens is 4. The zero-order valence-electron chi connectivity index (χ0n) is 19.4. The van der Waals surface area contributed by atoms with Gasteiger partial charge >= 0.3 is 5.69 Å². The lowest BCUT2D eigenvalue weighted by atomic mass is 10.2. The van der Waals surface area contributed by atoms with E-state index < -0.39 is 5.69 Å². The highest BCUT2D eigenvalue weighted by atomic mass is 35.5. The first-order chi connectivity index (χ1) is 16.4. The molecule has 34 heavy (non-hydrogen) atoms. The summed E-state index contributed by atoms with van der Waals surface area (Å²) in [6.07, 6.45) is 2.63. The highest BCUT2D eigenvalue weighted by Crippen LogP contribution is 2.21. The van der Waals surface area contributed by atoms with Gasteiger partial charge in [0.2, 0.25) is 5.91 Å². The van der Waals surface area contributed by atoms with Crippen LogP contribution in [0.1, 0.15) is 19.4 Å². The molecule has 1 fully saturated rings. The largest absolute Gasteiger partial charge is 0.379 e. The summed E-state index contributed by atoms with van der Waals surface area (Å²) in [5.41, 5.74) is 1.28. The van der Waals surface area contributed by atoms with Crippen LogP contribution in [0.25, 0.3) is 17.2 Å². The smallest absolute Gasteiger partial charge is 0.352 e. The molecule has 1 aliphatic rings. The maximum absolute atomic E-state index is 13.3. The van der Waals surface area contributed by atoms with E-state index >= 15 is 0 Å². The number of ether oxygens (including phenoxy) is 1. The third kappa shape index (κ3) is 5.91. The quantitative estimate of drug-likeness (QED) is 0.526. The molecule has 4 rings (SSSR count). The highest BCUT2D eigenvalue weighted by Gasteiger charge is 2.20. The molecule has 0 radical (unpaired) electrons. The molecule has 1 N–H and O–H groups in total. The van der Waals surface area contributed by atoms with Crippen molar-refractivity contribution in [1.29, 1.82) is 0 Å². The number of amides is 1. The molecule has 1 aliphatic heterocycles. The first kappa shape index (κ1) is 24.1. The summed E-state index contributed by atoms with van der Waals surface area (Å²) < 4.78 is 7.96. The third-order valence-electron chi connectivity index (χ3n) is 5.54. The van der Waals surface area contributed by atoms with Crippen molar-refractivity contribution in [1.82, 2.24) is 29.5 Å². The predicted octanol–water partition coefficient (Wildman–Crippen LogP) is 2.15. The number of morpholine rings is 1. The Labute approximate surface area is 203 Å². The topological polar surface area (TPSA) is 94.3 Å². The van der Waals surface area contributed by atoms with Crippen molar-refractivity contribution < 1.29 is 9.53 Å². The molecule has 1 amide bonds. The van der Waals surface area contributed by atoms with Crippen molar-refractivity contribution in [2.75, 3.05) is 32.8 Å². The summed E-state index contributed by atoms with van der Waals surface area (Å²) in [5.74, 6) is 0.474. The zero-order valence-corrected chi connectivity index (χ0v) is 20.2. The van der Waals surface area contributed by atoms with Gasteiger partial charge in [0.25, 0.3) is 0 Å². The van der Waals surface area contributed by atoms with E-state index in [4.69, 9.17) is 16.3 Å². The second-order valence-corrected chi connectivity index (χ2v) is 9.00. The van der Waals surface area contributed by atoms with Gasteiger partial charge in [0.15, 0.2) is 11.6 Å². The number of hydrogen-bond donors (Lipinski definition) is 1. The molecule has 0 unspecified atom stereocenters. The van der Waals surface area contributed by atoms with Gasteiger partial charge in [-0.15, -0.1) is 5.10 Å². The Bertz CT molecular complexity index is 1180. The van der Waals surface area contributed by atoms with Gasteiger partial charge in [0.1, 0.15) is 6.54 Å². The molecule has 10 heteroatoms. The maximum atomic E-state index is 13.3. The first-order valence-corrected chi connectivity index (χ1v) is 11.8. The minimum Gasteiger partial charge on any atom is -0.379 e. The summed E-state index contributed by atoms with van der Waals surface area (Å²) in [5, 5.41) is 7.85.